The molecule has 4 aromatic rings. The molecular formula is C22H20N6O. The molecule has 1 amide bonds. The SMILES string of the molecule is O=C(NCCC(c1ccccc1)c1ccccc1)c1ccc(-n2cncn2)nn1. The number of nitrogens with one attached hydrogen (secondary N) is 1. The lowest BCUT2D eigenvalue weighted by molar-refractivity contribution is 0.0946. The molecular weight excluding hydrogens is 364 g/mol. The Morgan fingerprint density at radius 3 is 2.14 bits per heavy atom. The third kappa shape index (κ3) is 4.52. The van der Waals surface area contributed by atoms with Gasteiger partial charge in [0.2, 0.25) is 0 Å². The van der Waals surface area contributed by atoms with E-state index in [2.05, 4.69) is 49.9 Å². The lowest BCUT2D eigenvalue weighted by atomic mass is 9.88. The van der Waals surface area contributed by atoms with Crippen molar-refractivity contribution in [1.29, 1.82) is 0 Å². The molecule has 0 saturated heterocycles. The first-order chi connectivity index (χ1) is 14.3. The Kier molecular flexibility index (Phi) is 5.66. The highest BCUT2D eigenvalue weighted by molar-refractivity contribution is 5.92. The first-order valence-corrected chi connectivity index (χ1v) is 9.38. The zero-order chi connectivity index (χ0) is 19.9. The summed E-state index contributed by atoms with van der Waals surface area (Å²) < 4.78 is 1.49. The van der Waals surface area contributed by atoms with Crippen LogP contribution in [-0.4, -0.2) is 37.4 Å². The molecule has 7 heteroatoms. The van der Waals surface area contributed by atoms with Crippen molar-refractivity contribution in [1.82, 2.24) is 30.3 Å². The lowest BCUT2D eigenvalue weighted by Gasteiger charge is -2.18. The molecule has 0 atom stereocenters. The molecule has 0 aliphatic heterocycles. The summed E-state index contributed by atoms with van der Waals surface area (Å²) in [6.07, 6.45) is 3.72. The summed E-state index contributed by atoms with van der Waals surface area (Å²) in [7, 11) is 0. The zero-order valence-corrected chi connectivity index (χ0v) is 15.7. The van der Waals surface area contributed by atoms with Gasteiger partial charge in [0.15, 0.2) is 11.5 Å². The number of hydrogen-bond acceptors (Lipinski definition) is 5. The van der Waals surface area contributed by atoms with E-state index in [1.165, 1.54) is 28.5 Å². The number of hydrogen-bond donors (Lipinski definition) is 1. The summed E-state index contributed by atoms with van der Waals surface area (Å²) in [6, 6.07) is 24.0. The van der Waals surface area contributed by atoms with Gasteiger partial charge in [-0.05, 0) is 29.7 Å². The average molecular weight is 384 g/mol. The normalized spacial score (nSPS) is 10.8. The molecule has 1 N–H and O–H groups in total. The molecule has 7 nitrogen and oxygen atoms in total. The third-order valence-electron chi connectivity index (χ3n) is 4.66. The van der Waals surface area contributed by atoms with E-state index in [1.807, 2.05) is 36.4 Å². The molecule has 0 saturated carbocycles. The molecule has 29 heavy (non-hydrogen) atoms. The lowest BCUT2D eigenvalue weighted by Crippen LogP contribution is -2.27. The van der Waals surface area contributed by atoms with E-state index in [0.717, 1.165) is 6.42 Å². The number of carbonyl (C=O) groups is 1. The summed E-state index contributed by atoms with van der Waals surface area (Å²) in [4.78, 5) is 16.3. The van der Waals surface area contributed by atoms with Gasteiger partial charge in [-0.3, -0.25) is 4.79 Å². The quantitative estimate of drug-likeness (QED) is 0.529. The molecule has 0 spiro atoms. The van der Waals surface area contributed by atoms with Crippen LogP contribution in [0, 0.1) is 0 Å². The van der Waals surface area contributed by atoms with Gasteiger partial charge in [-0.1, -0.05) is 60.7 Å². The third-order valence-corrected chi connectivity index (χ3v) is 4.66. The zero-order valence-electron chi connectivity index (χ0n) is 15.7. The molecule has 144 valence electrons. The monoisotopic (exact) mass is 384 g/mol. The van der Waals surface area contributed by atoms with E-state index in [9.17, 15) is 4.79 Å². The maximum absolute atomic E-state index is 12.4. The Balaban J connectivity index is 1.40. The molecule has 2 aromatic carbocycles. The van der Waals surface area contributed by atoms with Crippen LogP contribution < -0.4 is 5.32 Å². The van der Waals surface area contributed by atoms with E-state index in [-0.39, 0.29) is 17.5 Å². The molecule has 0 radical (unpaired) electrons. The predicted octanol–water partition coefficient (Wildman–Crippen LogP) is 3.01. The number of amides is 1. The second kappa shape index (κ2) is 8.88. The van der Waals surface area contributed by atoms with E-state index in [0.29, 0.717) is 12.4 Å². The first-order valence-electron chi connectivity index (χ1n) is 9.38. The van der Waals surface area contributed by atoms with Gasteiger partial charge in [0.1, 0.15) is 12.7 Å². The predicted molar refractivity (Wildman–Crippen MR) is 109 cm³/mol. The van der Waals surface area contributed by atoms with Crippen LogP contribution in [0.5, 0.6) is 0 Å². The minimum atomic E-state index is -0.248. The summed E-state index contributed by atoms with van der Waals surface area (Å²) >= 11 is 0. The van der Waals surface area contributed by atoms with Crippen molar-refractivity contribution in [2.75, 3.05) is 6.54 Å². The van der Waals surface area contributed by atoms with Gasteiger partial charge >= 0.3 is 0 Å². The van der Waals surface area contributed by atoms with Gasteiger partial charge in [0, 0.05) is 12.5 Å². The topological polar surface area (TPSA) is 85.6 Å². The van der Waals surface area contributed by atoms with Crippen LogP contribution in [0.3, 0.4) is 0 Å². The number of nitrogens with zero attached hydrogens (tertiary/aromatic N) is 5. The Labute approximate surface area is 168 Å². The summed E-state index contributed by atoms with van der Waals surface area (Å²) in [5, 5.41) is 15.0. The van der Waals surface area contributed by atoms with Crippen molar-refractivity contribution in [3.8, 4) is 5.82 Å². The fraction of sp³-hybridized carbons (Fsp3) is 0.136. The Morgan fingerprint density at radius 1 is 0.897 bits per heavy atom. The Morgan fingerprint density at radius 2 is 1.59 bits per heavy atom. The van der Waals surface area contributed by atoms with Crippen LogP contribution in [0.15, 0.2) is 85.5 Å². The second-order valence-corrected chi connectivity index (χ2v) is 6.54. The largest absolute Gasteiger partial charge is 0.351 e. The Bertz CT molecular complexity index is 994. The highest BCUT2D eigenvalue weighted by atomic mass is 16.1. The van der Waals surface area contributed by atoms with Crippen LogP contribution in [0.2, 0.25) is 0 Å². The van der Waals surface area contributed by atoms with E-state index < -0.39 is 0 Å². The first kappa shape index (κ1) is 18.5. The molecule has 4 rings (SSSR count). The van der Waals surface area contributed by atoms with Crippen LogP contribution in [0.25, 0.3) is 5.82 Å². The summed E-state index contributed by atoms with van der Waals surface area (Å²) in [5.41, 5.74) is 2.72. The number of aromatic nitrogens is 5. The molecule has 2 aromatic heterocycles. The van der Waals surface area contributed by atoms with Crippen molar-refractivity contribution >= 4 is 5.91 Å². The van der Waals surface area contributed by atoms with E-state index in [4.69, 9.17) is 0 Å². The minimum absolute atomic E-state index is 0.207. The fourth-order valence-electron chi connectivity index (χ4n) is 3.21. The van der Waals surface area contributed by atoms with Crippen LogP contribution in [0.1, 0.15) is 34.0 Å². The molecule has 0 bridgehead atoms. The van der Waals surface area contributed by atoms with E-state index >= 15 is 0 Å². The van der Waals surface area contributed by atoms with Crippen molar-refractivity contribution in [3.63, 3.8) is 0 Å². The second-order valence-electron chi connectivity index (χ2n) is 6.54. The minimum Gasteiger partial charge on any atom is -0.351 e. The highest BCUT2D eigenvalue weighted by Crippen LogP contribution is 2.27. The van der Waals surface area contributed by atoms with Gasteiger partial charge < -0.3 is 5.32 Å². The average Bonchev–Trinajstić information content (AvgIpc) is 3.33. The van der Waals surface area contributed by atoms with Crippen LogP contribution >= 0.6 is 0 Å². The fourth-order valence-corrected chi connectivity index (χ4v) is 3.21. The van der Waals surface area contributed by atoms with Crippen molar-refractivity contribution < 1.29 is 4.79 Å². The maximum Gasteiger partial charge on any atom is 0.271 e. The van der Waals surface area contributed by atoms with Gasteiger partial charge in [-0.2, -0.15) is 5.10 Å². The number of benzene rings is 2. The summed E-state index contributed by atoms with van der Waals surface area (Å²) in [5.74, 6) is 0.466. The van der Waals surface area contributed by atoms with Crippen molar-refractivity contribution in [3.05, 3.63) is 102 Å². The Hall–Kier alpha value is -3.87. The smallest absolute Gasteiger partial charge is 0.271 e. The highest BCUT2D eigenvalue weighted by Gasteiger charge is 2.15. The van der Waals surface area contributed by atoms with Gasteiger partial charge in [0.25, 0.3) is 5.91 Å². The van der Waals surface area contributed by atoms with Gasteiger partial charge in [-0.25, -0.2) is 9.67 Å². The number of carbonyl (C=O) groups excluding carboxylic acids is 1. The van der Waals surface area contributed by atoms with Crippen LogP contribution in [-0.2, 0) is 0 Å². The molecule has 0 aliphatic carbocycles. The molecule has 0 unspecified atom stereocenters. The molecule has 2 heterocycles. The molecule has 0 aliphatic rings. The summed E-state index contributed by atoms with van der Waals surface area (Å²) in [6.45, 7) is 0.528. The van der Waals surface area contributed by atoms with Gasteiger partial charge in [-0.15, -0.1) is 10.2 Å². The van der Waals surface area contributed by atoms with Gasteiger partial charge in [0.05, 0.1) is 0 Å². The maximum atomic E-state index is 12.4. The van der Waals surface area contributed by atoms with Crippen molar-refractivity contribution in [2.24, 2.45) is 0 Å². The van der Waals surface area contributed by atoms with Crippen molar-refractivity contribution in [2.45, 2.75) is 12.3 Å². The van der Waals surface area contributed by atoms with E-state index in [1.54, 1.807) is 12.1 Å². The standard InChI is InChI=1S/C22H20N6O/c29-22(20-11-12-21(27-26-20)28-16-23-15-25-28)24-14-13-19(17-7-3-1-4-8-17)18-9-5-2-6-10-18/h1-12,15-16,19H,13-14H2,(H,24,29). The molecule has 0 fully saturated rings. The van der Waals surface area contributed by atoms with Crippen LogP contribution in [0.4, 0.5) is 0 Å². The number of rotatable bonds is 7.